The molecule has 1 aliphatic rings. The fourth-order valence-corrected chi connectivity index (χ4v) is 1.63. The van der Waals surface area contributed by atoms with Gasteiger partial charge in [0.2, 0.25) is 0 Å². The molecule has 0 saturated carbocycles. The van der Waals surface area contributed by atoms with E-state index >= 15 is 0 Å². The van der Waals surface area contributed by atoms with Crippen LogP contribution in [-0.2, 0) is 9.53 Å². The number of allylic oxidation sites excluding steroid dienone is 2. The van der Waals surface area contributed by atoms with Crippen molar-refractivity contribution in [3.63, 3.8) is 0 Å². The van der Waals surface area contributed by atoms with Crippen molar-refractivity contribution in [2.24, 2.45) is 4.99 Å². The summed E-state index contributed by atoms with van der Waals surface area (Å²) in [6, 6.07) is 0. The van der Waals surface area contributed by atoms with Crippen LogP contribution in [0.15, 0.2) is 39.8 Å². The first-order chi connectivity index (χ1) is 8.60. The van der Waals surface area contributed by atoms with E-state index in [9.17, 15) is 4.79 Å². The van der Waals surface area contributed by atoms with Gasteiger partial charge in [0.05, 0.1) is 24.1 Å². The molecule has 0 aliphatic carbocycles. The zero-order valence-electron chi connectivity index (χ0n) is 10.8. The van der Waals surface area contributed by atoms with Crippen molar-refractivity contribution in [2.45, 2.75) is 20.3 Å². The zero-order valence-corrected chi connectivity index (χ0v) is 11.6. The van der Waals surface area contributed by atoms with E-state index in [1.807, 2.05) is 20.0 Å². The average Bonchev–Trinajstić information content (AvgIpc) is 2.32. The van der Waals surface area contributed by atoms with Gasteiger partial charge in [-0.1, -0.05) is 24.6 Å². The molecule has 0 aromatic rings. The number of carbonyl (C=O) groups is 1. The van der Waals surface area contributed by atoms with E-state index in [0.29, 0.717) is 23.0 Å². The Morgan fingerprint density at radius 3 is 2.83 bits per heavy atom. The number of aliphatic imine (C=N–C) groups is 1. The summed E-state index contributed by atoms with van der Waals surface area (Å²) in [5, 5.41) is 0.379. The van der Waals surface area contributed by atoms with Gasteiger partial charge in [-0.15, -0.1) is 0 Å². The molecule has 0 bridgehead atoms. The first-order valence-electron chi connectivity index (χ1n) is 5.82. The van der Waals surface area contributed by atoms with E-state index < -0.39 is 0 Å². The molecule has 18 heavy (non-hydrogen) atoms. The summed E-state index contributed by atoms with van der Waals surface area (Å²) in [6.07, 6.45) is 7.71. The van der Waals surface area contributed by atoms with Crippen molar-refractivity contribution in [3.8, 4) is 0 Å². The summed E-state index contributed by atoms with van der Waals surface area (Å²) in [6.45, 7) is 4.12. The largest absolute Gasteiger partial charge is 0.462 e. The predicted molar refractivity (Wildman–Crippen MR) is 73.3 cm³/mol. The molecule has 0 unspecified atom stereocenters. The van der Waals surface area contributed by atoms with Crippen molar-refractivity contribution < 1.29 is 9.53 Å². The van der Waals surface area contributed by atoms with E-state index in [2.05, 4.69) is 4.99 Å². The van der Waals surface area contributed by atoms with Crippen molar-refractivity contribution in [2.75, 3.05) is 13.7 Å². The van der Waals surface area contributed by atoms with Gasteiger partial charge in [0.1, 0.15) is 5.16 Å². The first-order valence-corrected chi connectivity index (χ1v) is 6.20. The third-order valence-electron chi connectivity index (χ3n) is 2.28. The Bertz CT molecular complexity index is 436. The summed E-state index contributed by atoms with van der Waals surface area (Å²) in [4.78, 5) is 17.6. The molecule has 5 heteroatoms. The molecule has 0 N–H and O–H groups in total. The quantitative estimate of drug-likeness (QED) is 0.447. The molecule has 1 aliphatic heterocycles. The maximum atomic E-state index is 11.9. The van der Waals surface area contributed by atoms with E-state index in [4.69, 9.17) is 16.3 Å². The number of rotatable bonds is 4. The van der Waals surface area contributed by atoms with E-state index in [0.717, 1.165) is 6.42 Å². The van der Waals surface area contributed by atoms with Crippen LogP contribution in [0.25, 0.3) is 0 Å². The van der Waals surface area contributed by atoms with Crippen LogP contribution in [0.3, 0.4) is 0 Å². The molecule has 0 aromatic carbocycles. The lowest BCUT2D eigenvalue weighted by Crippen LogP contribution is -2.20. The Balaban J connectivity index is 3.12. The number of carbonyl (C=O) groups excluding carboxylic acids is 1. The lowest BCUT2D eigenvalue weighted by atomic mass is 10.1. The van der Waals surface area contributed by atoms with Crippen molar-refractivity contribution in [1.29, 1.82) is 0 Å². The van der Waals surface area contributed by atoms with Gasteiger partial charge in [-0.25, -0.2) is 9.79 Å². The van der Waals surface area contributed by atoms with Crippen LogP contribution in [0.5, 0.6) is 0 Å². The fourth-order valence-electron chi connectivity index (χ4n) is 1.44. The van der Waals surface area contributed by atoms with Gasteiger partial charge in [0, 0.05) is 13.2 Å². The lowest BCUT2D eigenvalue weighted by molar-refractivity contribution is -0.138. The van der Waals surface area contributed by atoms with Crippen molar-refractivity contribution in [1.82, 2.24) is 4.90 Å². The number of hydrogen-bond acceptors (Lipinski definition) is 4. The van der Waals surface area contributed by atoms with Crippen molar-refractivity contribution >= 4 is 23.8 Å². The van der Waals surface area contributed by atoms with E-state index in [1.54, 1.807) is 30.3 Å². The van der Waals surface area contributed by atoms with Crippen LogP contribution in [-0.4, -0.2) is 30.7 Å². The molecular formula is C13H17ClN2O2. The molecule has 0 spiro atoms. The molecule has 0 radical (unpaired) electrons. The van der Waals surface area contributed by atoms with Gasteiger partial charge >= 0.3 is 5.97 Å². The van der Waals surface area contributed by atoms with Gasteiger partial charge in [-0.3, -0.25) is 0 Å². The Kier molecular flexibility index (Phi) is 5.65. The topological polar surface area (TPSA) is 41.9 Å². The van der Waals surface area contributed by atoms with Crippen LogP contribution in [0.2, 0.25) is 0 Å². The predicted octanol–water partition coefficient (Wildman–Crippen LogP) is 2.82. The summed E-state index contributed by atoms with van der Waals surface area (Å²) < 4.78 is 5.04. The maximum absolute atomic E-state index is 11.9. The molecule has 1 rings (SSSR count). The molecule has 98 valence electrons. The minimum Gasteiger partial charge on any atom is -0.462 e. The number of hydrogen-bond donors (Lipinski definition) is 0. The van der Waals surface area contributed by atoms with Gasteiger partial charge in [-0.2, -0.15) is 0 Å². The van der Waals surface area contributed by atoms with Gasteiger partial charge in [0.15, 0.2) is 0 Å². The normalized spacial score (nSPS) is 18.0. The van der Waals surface area contributed by atoms with E-state index in [-0.39, 0.29) is 5.97 Å². The first kappa shape index (κ1) is 14.5. The summed E-state index contributed by atoms with van der Waals surface area (Å²) in [7, 11) is 1.81. The summed E-state index contributed by atoms with van der Waals surface area (Å²) in [5.74, 6) is -0.359. The second kappa shape index (κ2) is 7.01. The molecule has 0 saturated heterocycles. The van der Waals surface area contributed by atoms with Crippen LogP contribution >= 0.6 is 11.6 Å². The lowest BCUT2D eigenvalue weighted by Gasteiger charge is -2.20. The zero-order chi connectivity index (χ0) is 13.5. The highest BCUT2D eigenvalue weighted by Crippen LogP contribution is 2.19. The van der Waals surface area contributed by atoms with Gasteiger partial charge in [-0.05, 0) is 19.4 Å². The van der Waals surface area contributed by atoms with E-state index in [1.165, 1.54) is 0 Å². The monoisotopic (exact) mass is 268 g/mol. The Morgan fingerprint density at radius 1 is 1.56 bits per heavy atom. The highest BCUT2D eigenvalue weighted by molar-refractivity contribution is 6.30. The standard InChI is InChI=1S/C13H17ClN2O2/c1-4-6-7-10(13(17)18-5-2)11-8-15-12(14)9-16(11)3/h6-9H,4-5H2,1-3H3/b7-6-,11-10+. The molecule has 1 heterocycles. The molecule has 0 atom stereocenters. The second-order valence-corrected chi connectivity index (χ2v) is 4.04. The molecular weight excluding hydrogens is 252 g/mol. The summed E-state index contributed by atoms with van der Waals surface area (Å²) in [5.41, 5.74) is 1.15. The minimum atomic E-state index is -0.359. The Labute approximate surface area is 112 Å². The summed E-state index contributed by atoms with van der Waals surface area (Å²) >= 11 is 5.79. The van der Waals surface area contributed by atoms with Crippen molar-refractivity contribution in [3.05, 3.63) is 34.8 Å². The van der Waals surface area contributed by atoms with Gasteiger partial charge < -0.3 is 9.64 Å². The number of ether oxygens (including phenoxy) is 1. The second-order valence-electron chi connectivity index (χ2n) is 3.65. The van der Waals surface area contributed by atoms with Gasteiger partial charge in [0.25, 0.3) is 0 Å². The SMILES string of the molecule is CC/C=C\C(C(=O)OCC)=C1\C=NC(Cl)=CN1C. The maximum Gasteiger partial charge on any atom is 0.340 e. The number of esters is 1. The molecule has 0 amide bonds. The Hall–Kier alpha value is -1.55. The fraction of sp³-hybridized carbons (Fsp3) is 0.385. The molecule has 4 nitrogen and oxygen atoms in total. The van der Waals surface area contributed by atoms with Crippen LogP contribution in [0, 0.1) is 0 Å². The average molecular weight is 269 g/mol. The minimum absolute atomic E-state index is 0.340. The number of nitrogens with zero attached hydrogens (tertiary/aromatic N) is 2. The third kappa shape index (κ3) is 3.74. The number of halogens is 1. The Morgan fingerprint density at radius 2 is 2.28 bits per heavy atom. The highest BCUT2D eigenvalue weighted by Gasteiger charge is 2.17. The third-order valence-corrected chi connectivity index (χ3v) is 2.48. The highest BCUT2D eigenvalue weighted by atomic mass is 35.5. The van der Waals surface area contributed by atoms with Crippen LogP contribution in [0.4, 0.5) is 0 Å². The van der Waals surface area contributed by atoms with Crippen LogP contribution < -0.4 is 0 Å². The molecule has 0 aromatic heterocycles. The molecule has 0 fully saturated rings. The smallest absolute Gasteiger partial charge is 0.340 e. The van der Waals surface area contributed by atoms with Crippen LogP contribution in [0.1, 0.15) is 20.3 Å².